The molecule has 2 heterocycles. The van der Waals surface area contributed by atoms with Gasteiger partial charge in [-0.15, -0.1) is 0 Å². The number of pyridine rings is 2. The van der Waals surface area contributed by atoms with Crippen molar-refractivity contribution in [3.8, 4) is 5.75 Å². The van der Waals surface area contributed by atoms with Crippen LogP contribution >= 0.6 is 23.2 Å². The number of nitrogens with zero attached hydrogens (tertiary/aromatic N) is 2. The van der Waals surface area contributed by atoms with Gasteiger partial charge >= 0.3 is 5.97 Å². The first-order valence-electron chi connectivity index (χ1n) is 8.36. The second-order valence-corrected chi connectivity index (χ2v) is 6.47. The van der Waals surface area contributed by atoms with E-state index in [4.69, 9.17) is 27.9 Å². The third kappa shape index (κ3) is 4.56. The Bertz CT molecular complexity index is 936. The molecule has 0 bridgehead atoms. The van der Waals surface area contributed by atoms with Crippen LogP contribution in [0.2, 0.25) is 10.0 Å². The van der Waals surface area contributed by atoms with E-state index < -0.39 is 6.04 Å². The highest BCUT2D eigenvalue weighted by atomic mass is 35.5. The van der Waals surface area contributed by atoms with Crippen molar-refractivity contribution in [2.75, 3.05) is 5.32 Å². The summed E-state index contributed by atoms with van der Waals surface area (Å²) in [4.78, 5) is 20.3. The SMILES string of the molecule is CCC(=O)Oc1ccccc1C(Nc1ccccn1)c1cncc(Cl)c1Cl. The summed E-state index contributed by atoms with van der Waals surface area (Å²) in [7, 11) is 0. The van der Waals surface area contributed by atoms with E-state index in [1.807, 2.05) is 30.3 Å². The van der Waals surface area contributed by atoms with Crippen LogP contribution in [0.4, 0.5) is 5.82 Å². The number of carbonyl (C=O) groups is 1. The highest BCUT2D eigenvalue weighted by Gasteiger charge is 2.23. The van der Waals surface area contributed by atoms with Crippen LogP contribution < -0.4 is 10.1 Å². The molecule has 0 fully saturated rings. The average Bonchev–Trinajstić information content (AvgIpc) is 2.70. The number of hydrogen-bond acceptors (Lipinski definition) is 5. The zero-order valence-corrected chi connectivity index (χ0v) is 16.0. The van der Waals surface area contributed by atoms with Crippen molar-refractivity contribution in [3.63, 3.8) is 0 Å². The van der Waals surface area contributed by atoms with E-state index in [0.717, 1.165) is 5.56 Å². The minimum Gasteiger partial charge on any atom is -0.426 e. The van der Waals surface area contributed by atoms with Crippen LogP contribution in [0.5, 0.6) is 5.75 Å². The monoisotopic (exact) mass is 401 g/mol. The lowest BCUT2D eigenvalue weighted by Crippen LogP contribution is -2.17. The number of nitrogens with one attached hydrogen (secondary N) is 1. The van der Waals surface area contributed by atoms with E-state index in [9.17, 15) is 4.79 Å². The summed E-state index contributed by atoms with van der Waals surface area (Å²) < 4.78 is 5.51. The van der Waals surface area contributed by atoms with Gasteiger partial charge in [0.05, 0.1) is 16.1 Å². The number of hydrogen-bond donors (Lipinski definition) is 1. The second-order valence-electron chi connectivity index (χ2n) is 5.68. The molecule has 1 aromatic carbocycles. The highest BCUT2D eigenvalue weighted by Crippen LogP contribution is 2.37. The van der Waals surface area contributed by atoms with Gasteiger partial charge in [-0.1, -0.05) is 54.4 Å². The lowest BCUT2D eigenvalue weighted by Gasteiger charge is -2.23. The van der Waals surface area contributed by atoms with Crippen LogP contribution in [0, 0.1) is 0 Å². The Morgan fingerprint density at radius 3 is 2.63 bits per heavy atom. The Labute approximate surface area is 167 Å². The van der Waals surface area contributed by atoms with Crippen molar-refractivity contribution in [2.45, 2.75) is 19.4 Å². The van der Waals surface area contributed by atoms with Gasteiger partial charge in [0.1, 0.15) is 11.6 Å². The third-order valence-electron chi connectivity index (χ3n) is 3.88. The molecule has 1 N–H and O–H groups in total. The summed E-state index contributed by atoms with van der Waals surface area (Å²) in [6.07, 6.45) is 5.06. The minimum absolute atomic E-state index is 0.270. The maximum atomic E-state index is 11.9. The number of esters is 1. The number of aromatic nitrogens is 2. The molecular weight excluding hydrogens is 385 g/mol. The molecule has 0 radical (unpaired) electrons. The number of rotatable bonds is 6. The van der Waals surface area contributed by atoms with Gasteiger partial charge < -0.3 is 10.1 Å². The van der Waals surface area contributed by atoms with E-state index in [1.54, 1.807) is 31.5 Å². The summed E-state index contributed by atoms with van der Waals surface area (Å²) >= 11 is 12.6. The molecule has 7 heteroatoms. The number of carbonyl (C=O) groups excluding carboxylic acids is 1. The normalized spacial score (nSPS) is 11.7. The summed E-state index contributed by atoms with van der Waals surface area (Å²) in [5, 5.41) is 4.04. The topological polar surface area (TPSA) is 64.1 Å². The van der Waals surface area contributed by atoms with Gasteiger partial charge in [0, 0.05) is 36.1 Å². The Kier molecular flexibility index (Phi) is 6.27. The summed E-state index contributed by atoms with van der Waals surface area (Å²) in [5.74, 6) is 0.748. The molecule has 1 unspecified atom stereocenters. The van der Waals surface area contributed by atoms with Crippen molar-refractivity contribution in [1.82, 2.24) is 9.97 Å². The molecular formula is C20H17Cl2N3O2. The van der Waals surface area contributed by atoms with Crippen LogP contribution in [0.15, 0.2) is 61.1 Å². The molecule has 0 aliphatic rings. The molecule has 0 aliphatic heterocycles. The maximum Gasteiger partial charge on any atom is 0.310 e. The van der Waals surface area contributed by atoms with E-state index >= 15 is 0 Å². The molecule has 0 saturated heterocycles. The molecule has 0 saturated carbocycles. The molecule has 3 rings (SSSR count). The Hall–Kier alpha value is -2.63. The molecule has 27 heavy (non-hydrogen) atoms. The van der Waals surface area contributed by atoms with Gasteiger partial charge in [0.25, 0.3) is 0 Å². The molecule has 0 amide bonds. The molecule has 138 valence electrons. The van der Waals surface area contributed by atoms with E-state index in [2.05, 4.69) is 15.3 Å². The first-order chi connectivity index (χ1) is 13.1. The fraction of sp³-hybridized carbons (Fsp3) is 0.150. The van der Waals surface area contributed by atoms with Crippen LogP contribution in [0.25, 0.3) is 0 Å². The van der Waals surface area contributed by atoms with E-state index in [-0.39, 0.29) is 12.4 Å². The lowest BCUT2D eigenvalue weighted by atomic mass is 9.99. The van der Waals surface area contributed by atoms with Crippen LogP contribution in [0.3, 0.4) is 0 Å². The summed E-state index contributed by atoms with van der Waals surface area (Å²) in [6.45, 7) is 1.74. The van der Waals surface area contributed by atoms with Gasteiger partial charge in [0.2, 0.25) is 0 Å². The number of ether oxygens (including phenoxy) is 1. The van der Waals surface area contributed by atoms with E-state index in [1.165, 1.54) is 6.20 Å². The van der Waals surface area contributed by atoms with Crippen LogP contribution in [-0.2, 0) is 4.79 Å². The van der Waals surface area contributed by atoms with Gasteiger partial charge in [0.15, 0.2) is 0 Å². The summed E-state index contributed by atoms with van der Waals surface area (Å²) in [6, 6.07) is 12.3. The molecule has 1 atom stereocenters. The molecule has 0 spiro atoms. The first kappa shape index (κ1) is 19.1. The Balaban J connectivity index is 2.10. The first-order valence-corrected chi connectivity index (χ1v) is 9.11. The molecule has 5 nitrogen and oxygen atoms in total. The van der Waals surface area contributed by atoms with Crippen molar-refractivity contribution >= 4 is 35.0 Å². The summed E-state index contributed by atoms with van der Waals surface area (Å²) in [5.41, 5.74) is 1.37. The predicted molar refractivity (Wildman–Crippen MR) is 106 cm³/mol. The third-order valence-corrected chi connectivity index (χ3v) is 4.68. The fourth-order valence-electron chi connectivity index (χ4n) is 2.56. The fourth-order valence-corrected chi connectivity index (χ4v) is 2.93. The van der Waals surface area contributed by atoms with Gasteiger partial charge in [-0.3, -0.25) is 9.78 Å². The van der Waals surface area contributed by atoms with Gasteiger partial charge in [-0.05, 0) is 18.2 Å². The standard InChI is InChI=1S/C20H17Cl2N3O2/c1-2-18(26)27-16-8-4-3-7-13(16)20(25-17-9-5-6-10-24-17)14-11-23-12-15(21)19(14)22/h3-12,20H,2H2,1H3,(H,24,25). The van der Waals surface area contributed by atoms with Gasteiger partial charge in [-0.25, -0.2) is 4.98 Å². The predicted octanol–water partition coefficient (Wildman–Crippen LogP) is 5.30. The maximum absolute atomic E-state index is 11.9. The average molecular weight is 402 g/mol. The quantitative estimate of drug-likeness (QED) is 0.448. The number of para-hydroxylation sites is 1. The smallest absolute Gasteiger partial charge is 0.310 e. The minimum atomic E-state index is -0.473. The Morgan fingerprint density at radius 1 is 1.11 bits per heavy atom. The molecule has 3 aromatic rings. The molecule has 0 aliphatic carbocycles. The lowest BCUT2D eigenvalue weighted by molar-refractivity contribution is -0.134. The van der Waals surface area contributed by atoms with Crippen LogP contribution in [-0.4, -0.2) is 15.9 Å². The zero-order chi connectivity index (χ0) is 19.2. The Morgan fingerprint density at radius 2 is 1.89 bits per heavy atom. The number of benzene rings is 1. The van der Waals surface area contributed by atoms with Crippen molar-refractivity contribution < 1.29 is 9.53 Å². The zero-order valence-electron chi connectivity index (χ0n) is 14.5. The highest BCUT2D eigenvalue weighted by molar-refractivity contribution is 6.42. The van der Waals surface area contributed by atoms with Crippen molar-refractivity contribution in [1.29, 1.82) is 0 Å². The van der Waals surface area contributed by atoms with Crippen LogP contribution in [0.1, 0.15) is 30.5 Å². The van der Waals surface area contributed by atoms with E-state index in [0.29, 0.717) is 27.2 Å². The van der Waals surface area contributed by atoms with Crippen molar-refractivity contribution in [3.05, 3.63) is 82.2 Å². The largest absolute Gasteiger partial charge is 0.426 e. The van der Waals surface area contributed by atoms with Crippen molar-refractivity contribution in [2.24, 2.45) is 0 Å². The number of halogens is 2. The van der Waals surface area contributed by atoms with Gasteiger partial charge in [-0.2, -0.15) is 0 Å². The second kappa shape index (κ2) is 8.84. The number of anilines is 1. The molecule has 2 aromatic heterocycles.